The number of pyridine rings is 1. The zero-order valence-electron chi connectivity index (χ0n) is 10.5. The molecule has 1 aliphatic heterocycles. The van der Waals surface area contributed by atoms with E-state index in [1.54, 1.807) is 6.33 Å². The lowest BCUT2D eigenvalue weighted by Crippen LogP contribution is -2.33. The first-order valence-corrected chi connectivity index (χ1v) is 6.26. The molecule has 3 heterocycles. The predicted molar refractivity (Wildman–Crippen MR) is 68.8 cm³/mol. The Morgan fingerprint density at radius 1 is 1.22 bits per heavy atom. The lowest BCUT2D eigenvalue weighted by atomic mass is 10.0. The molecule has 0 fully saturated rings. The van der Waals surface area contributed by atoms with Gasteiger partial charge in [0.2, 0.25) is 0 Å². The fourth-order valence-corrected chi connectivity index (χ4v) is 2.47. The molecule has 0 amide bonds. The molecule has 1 aliphatic rings. The van der Waals surface area contributed by atoms with Crippen LogP contribution in [0, 0.1) is 0 Å². The maximum atomic E-state index is 4.34. The van der Waals surface area contributed by atoms with Gasteiger partial charge >= 0.3 is 0 Å². The van der Waals surface area contributed by atoms with E-state index < -0.39 is 0 Å². The van der Waals surface area contributed by atoms with Crippen LogP contribution in [0.15, 0.2) is 37.1 Å². The topological polar surface area (TPSA) is 41.9 Å². The zero-order chi connectivity index (χ0) is 12.4. The van der Waals surface area contributed by atoms with Crippen LogP contribution < -0.4 is 0 Å². The molecule has 18 heavy (non-hydrogen) atoms. The molecule has 0 saturated carbocycles. The molecule has 0 radical (unpaired) electrons. The normalized spacial score (nSPS) is 17.2. The smallest absolute Gasteiger partial charge is 0.115 e. The number of fused-ring (bicyclic) bond motifs is 1. The van der Waals surface area contributed by atoms with Gasteiger partial charge in [0, 0.05) is 55.4 Å². The Balaban J connectivity index is 1.80. The van der Waals surface area contributed by atoms with E-state index in [2.05, 4.69) is 38.9 Å². The van der Waals surface area contributed by atoms with Crippen LogP contribution in [0.2, 0.25) is 0 Å². The third-order valence-corrected chi connectivity index (χ3v) is 3.63. The van der Waals surface area contributed by atoms with Gasteiger partial charge in [-0.05, 0) is 24.6 Å². The molecule has 0 aromatic carbocycles. The van der Waals surface area contributed by atoms with Crippen molar-refractivity contribution < 1.29 is 0 Å². The number of nitrogens with zero attached hydrogens (tertiary/aromatic N) is 4. The first-order chi connectivity index (χ1) is 8.84. The van der Waals surface area contributed by atoms with Crippen molar-refractivity contribution in [2.45, 2.75) is 25.9 Å². The van der Waals surface area contributed by atoms with Crippen LogP contribution in [-0.2, 0) is 13.0 Å². The molecular weight excluding hydrogens is 224 g/mol. The largest absolute Gasteiger partial charge is 0.292 e. The number of rotatable bonds is 2. The van der Waals surface area contributed by atoms with Crippen molar-refractivity contribution >= 4 is 0 Å². The molecule has 2 aromatic rings. The Kier molecular flexibility index (Phi) is 3.02. The van der Waals surface area contributed by atoms with Crippen molar-refractivity contribution in [1.82, 2.24) is 19.9 Å². The van der Waals surface area contributed by atoms with Crippen LogP contribution in [0.3, 0.4) is 0 Å². The third-order valence-electron chi connectivity index (χ3n) is 3.63. The molecule has 0 spiro atoms. The van der Waals surface area contributed by atoms with Crippen molar-refractivity contribution in [3.05, 3.63) is 53.9 Å². The Morgan fingerprint density at radius 2 is 2.06 bits per heavy atom. The van der Waals surface area contributed by atoms with E-state index in [1.165, 1.54) is 16.8 Å². The second kappa shape index (κ2) is 4.82. The zero-order valence-corrected chi connectivity index (χ0v) is 10.5. The van der Waals surface area contributed by atoms with E-state index in [9.17, 15) is 0 Å². The highest BCUT2D eigenvalue weighted by molar-refractivity contribution is 5.21. The van der Waals surface area contributed by atoms with Crippen molar-refractivity contribution in [3.63, 3.8) is 0 Å². The molecule has 4 nitrogen and oxygen atoms in total. The summed E-state index contributed by atoms with van der Waals surface area (Å²) in [6, 6.07) is 4.57. The third kappa shape index (κ3) is 2.11. The summed E-state index contributed by atoms with van der Waals surface area (Å²) in [7, 11) is 0. The Hall–Kier alpha value is -1.81. The van der Waals surface area contributed by atoms with Crippen LogP contribution >= 0.6 is 0 Å². The summed E-state index contributed by atoms with van der Waals surface area (Å²) < 4.78 is 0. The lowest BCUT2D eigenvalue weighted by molar-refractivity contribution is 0.190. The molecule has 1 atom stereocenters. The van der Waals surface area contributed by atoms with Gasteiger partial charge in [-0.3, -0.25) is 9.88 Å². The van der Waals surface area contributed by atoms with E-state index in [1.807, 2.05) is 18.6 Å². The summed E-state index contributed by atoms with van der Waals surface area (Å²) in [6.07, 6.45) is 8.29. The fourth-order valence-electron chi connectivity index (χ4n) is 2.47. The number of hydrogen-bond acceptors (Lipinski definition) is 4. The summed E-state index contributed by atoms with van der Waals surface area (Å²) in [5.41, 5.74) is 3.76. The van der Waals surface area contributed by atoms with E-state index >= 15 is 0 Å². The predicted octanol–water partition coefficient (Wildman–Crippen LogP) is 1.99. The minimum absolute atomic E-state index is 0.404. The highest BCUT2D eigenvalue weighted by Gasteiger charge is 2.22. The maximum absolute atomic E-state index is 4.34. The summed E-state index contributed by atoms with van der Waals surface area (Å²) in [5.74, 6) is 0. The molecule has 92 valence electrons. The van der Waals surface area contributed by atoms with E-state index in [4.69, 9.17) is 0 Å². The Morgan fingerprint density at radius 3 is 2.89 bits per heavy atom. The summed E-state index contributed by atoms with van der Waals surface area (Å²) in [5, 5.41) is 0. The number of hydrogen-bond donors (Lipinski definition) is 0. The van der Waals surface area contributed by atoms with Gasteiger partial charge in [0.15, 0.2) is 0 Å². The van der Waals surface area contributed by atoms with Crippen molar-refractivity contribution in [1.29, 1.82) is 0 Å². The highest BCUT2D eigenvalue weighted by atomic mass is 15.2. The van der Waals surface area contributed by atoms with Crippen molar-refractivity contribution in [2.75, 3.05) is 6.54 Å². The summed E-state index contributed by atoms with van der Waals surface area (Å²) in [4.78, 5) is 15.0. The molecule has 0 saturated heterocycles. The molecule has 0 aliphatic carbocycles. The second-order valence-electron chi connectivity index (χ2n) is 4.67. The van der Waals surface area contributed by atoms with Gasteiger partial charge in [0.1, 0.15) is 6.33 Å². The summed E-state index contributed by atoms with van der Waals surface area (Å²) >= 11 is 0. The average Bonchev–Trinajstić information content (AvgIpc) is 2.47. The monoisotopic (exact) mass is 240 g/mol. The second-order valence-corrected chi connectivity index (χ2v) is 4.67. The van der Waals surface area contributed by atoms with Crippen molar-refractivity contribution in [2.24, 2.45) is 0 Å². The maximum Gasteiger partial charge on any atom is 0.115 e. The van der Waals surface area contributed by atoms with E-state index in [0.29, 0.717) is 6.04 Å². The Bertz CT molecular complexity index is 526. The van der Waals surface area contributed by atoms with Gasteiger partial charge in [0.05, 0.1) is 0 Å². The van der Waals surface area contributed by atoms with Gasteiger partial charge in [-0.1, -0.05) is 0 Å². The van der Waals surface area contributed by atoms with Crippen molar-refractivity contribution in [3.8, 4) is 0 Å². The van der Waals surface area contributed by atoms with Crippen LogP contribution in [0.1, 0.15) is 29.8 Å². The molecule has 4 heteroatoms. The van der Waals surface area contributed by atoms with Gasteiger partial charge in [-0.15, -0.1) is 0 Å². The minimum atomic E-state index is 0.404. The van der Waals surface area contributed by atoms with Crippen LogP contribution in [0.25, 0.3) is 0 Å². The lowest BCUT2D eigenvalue weighted by Gasteiger charge is -2.33. The fraction of sp³-hybridized carbons (Fsp3) is 0.357. The Labute approximate surface area is 107 Å². The molecule has 0 bridgehead atoms. The molecular formula is C14H16N4. The average molecular weight is 240 g/mol. The van der Waals surface area contributed by atoms with Crippen LogP contribution in [0.4, 0.5) is 0 Å². The quantitative estimate of drug-likeness (QED) is 0.805. The van der Waals surface area contributed by atoms with E-state index in [0.717, 1.165) is 19.5 Å². The standard InChI is InChI=1S/C14H16N4/c1-11(12-2-5-15-6-3-12)18-7-4-14-13(9-18)8-16-10-17-14/h2-3,5-6,8,10-11H,4,7,9H2,1H3. The molecule has 2 aromatic heterocycles. The SMILES string of the molecule is CC(c1ccncc1)N1CCc2ncncc2C1. The highest BCUT2D eigenvalue weighted by Crippen LogP contribution is 2.25. The van der Waals surface area contributed by atoms with Gasteiger partial charge in [-0.2, -0.15) is 0 Å². The first-order valence-electron chi connectivity index (χ1n) is 6.26. The van der Waals surface area contributed by atoms with Gasteiger partial charge in [-0.25, -0.2) is 9.97 Å². The van der Waals surface area contributed by atoms with Crippen LogP contribution in [-0.4, -0.2) is 26.4 Å². The first kappa shape index (κ1) is 11.3. The van der Waals surface area contributed by atoms with Gasteiger partial charge < -0.3 is 0 Å². The van der Waals surface area contributed by atoms with Crippen LogP contribution in [0.5, 0.6) is 0 Å². The summed E-state index contributed by atoms with van der Waals surface area (Å²) in [6.45, 7) is 4.22. The van der Waals surface area contributed by atoms with Gasteiger partial charge in [0.25, 0.3) is 0 Å². The van der Waals surface area contributed by atoms with E-state index in [-0.39, 0.29) is 0 Å². The molecule has 1 unspecified atom stereocenters. The minimum Gasteiger partial charge on any atom is -0.292 e. The number of aromatic nitrogens is 3. The molecule has 3 rings (SSSR count). The molecule has 0 N–H and O–H groups in total.